The number of thioether (sulfide) groups is 1. The van der Waals surface area contributed by atoms with Crippen molar-refractivity contribution < 1.29 is 23.9 Å². The van der Waals surface area contributed by atoms with Crippen LogP contribution in [-0.4, -0.2) is 127 Å². The maximum Gasteiger partial charge on any atom is 0.255 e. The Bertz CT molecular complexity index is 2490. The summed E-state index contributed by atoms with van der Waals surface area (Å²) in [6.07, 6.45) is 9.93. The zero-order chi connectivity index (χ0) is 44.7. The van der Waals surface area contributed by atoms with Crippen molar-refractivity contribution >= 4 is 52.2 Å². The van der Waals surface area contributed by atoms with Gasteiger partial charge in [0.25, 0.3) is 5.91 Å². The normalized spacial score (nSPS) is 19.5. The van der Waals surface area contributed by atoms with Gasteiger partial charge in [0.2, 0.25) is 17.7 Å². The van der Waals surface area contributed by atoms with Crippen LogP contribution in [-0.2, 0) is 20.9 Å². The number of rotatable bonds is 17. The number of likely N-dealkylation sites (tertiary alicyclic amines) is 1. The number of carbonyl (C=O) groups is 4. The van der Waals surface area contributed by atoms with Gasteiger partial charge in [0, 0.05) is 74.7 Å². The molecule has 65 heavy (non-hydrogen) atoms. The first kappa shape index (κ1) is 44.4. The summed E-state index contributed by atoms with van der Waals surface area (Å²) in [5.41, 5.74) is 10.4. The number of benzene rings is 3. The molecule has 9 rings (SSSR count). The van der Waals surface area contributed by atoms with E-state index in [9.17, 15) is 19.2 Å². The molecule has 5 aromatic rings. The minimum atomic E-state index is -0.590. The number of nitrogens with two attached hydrogens (primary N) is 1. The van der Waals surface area contributed by atoms with Crippen molar-refractivity contribution in [2.24, 2.45) is 0 Å². The molecular formula is C49H58N10O5S. The van der Waals surface area contributed by atoms with E-state index in [2.05, 4.69) is 31.2 Å². The third-order valence-electron chi connectivity index (χ3n) is 13.2. The van der Waals surface area contributed by atoms with Gasteiger partial charge in [-0.25, -0.2) is 14.6 Å². The van der Waals surface area contributed by atoms with Crippen molar-refractivity contribution in [2.75, 3.05) is 63.8 Å². The first-order chi connectivity index (χ1) is 31.8. The minimum absolute atomic E-state index is 0.0178. The molecule has 4 aliphatic heterocycles. The smallest absolute Gasteiger partial charge is 0.255 e. The van der Waals surface area contributed by atoms with Crippen LogP contribution < -0.4 is 15.8 Å². The number of aromatic nitrogens is 4. The number of piperazine rings is 1. The molecule has 15 nitrogen and oxygen atoms in total. The van der Waals surface area contributed by atoms with Crippen LogP contribution >= 0.6 is 11.8 Å². The summed E-state index contributed by atoms with van der Waals surface area (Å²) in [6.45, 7) is 7.98. The van der Waals surface area contributed by atoms with Crippen molar-refractivity contribution in [3.05, 3.63) is 90.3 Å². The van der Waals surface area contributed by atoms with Crippen LogP contribution in [0.15, 0.2) is 84.0 Å². The highest BCUT2D eigenvalue weighted by atomic mass is 32.2. The largest absolute Gasteiger partial charge is 0.457 e. The van der Waals surface area contributed by atoms with Gasteiger partial charge in [0.15, 0.2) is 5.65 Å². The lowest BCUT2D eigenvalue weighted by molar-refractivity contribution is -0.137. The van der Waals surface area contributed by atoms with Gasteiger partial charge in [-0.3, -0.25) is 24.5 Å². The van der Waals surface area contributed by atoms with E-state index in [4.69, 9.17) is 15.6 Å². The second-order valence-corrected chi connectivity index (χ2v) is 18.7. The van der Waals surface area contributed by atoms with Gasteiger partial charge in [-0.1, -0.05) is 37.1 Å². The second kappa shape index (κ2) is 20.6. The van der Waals surface area contributed by atoms with Crippen LogP contribution in [0.5, 0.6) is 11.5 Å². The molecule has 3 fully saturated rings. The predicted molar refractivity (Wildman–Crippen MR) is 250 cm³/mol. The Labute approximate surface area is 384 Å². The van der Waals surface area contributed by atoms with E-state index in [1.807, 2.05) is 76.3 Å². The minimum Gasteiger partial charge on any atom is -0.457 e. The van der Waals surface area contributed by atoms with E-state index >= 15 is 0 Å². The summed E-state index contributed by atoms with van der Waals surface area (Å²) < 4.78 is 7.96. The first-order valence-corrected chi connectivity index (χ1v) is 24.2. The lowest BCUT2D eigenvalue weighted by Gasteiger charge is -2.35. The number of nitrogen functional groups attached to an aromatic ring is 1. The standard InChI is InChI=1S/C49H58N10O5S/c50-46-44-45(34-17-19-37(20-18-34)64-36-12-4-3-5-13-36)54-59(47(44)52-33-51-46)35-11-9-25-57(31-35)43(61)16-10-24-56-28-26-55(27-29-56)23-6-1-2-7-30-65-41-15-8-14-38-39(41)32-58(49(38)63)40-21-22-42(60)53-48(40)62/h3-5,8,12-15,17-20,33,35,40H,1-2,6-7,9-11,16,21-32H2,(H2,50,51,52)(H,53,60,62)/t35-,40?/m1/s1. The summed E-state index contributed by atoms with van der Waals surface area (Å²) in [4.78, 5) is 69.6. The fourth-order valence-electron chi connectivity index (χ4n) is 9.65. The number of unbranched alkanes of at least 4 members (excludes halogenated alkanes) is 3. The van der Waals surface area contributed by atoms with E-state index in [0.717, 1.165) is 122 Å². The molecule has 2 atom stereocenters. The predicted octanol–water partition coefficient (Wildman–Crippen LogP) is 6.54. The zero-order valence-electron chi connectivity index (χ0n) is 36.9. The van der Waals surface area contributed by atoms with Gasteiger partial charge < -0.3 is 30.1 Å². The summed E-state index contributed by atoms with van der Waals surface area (Å²) in [5, 5.41) is 8.17. The molecule has 0 radical (unpaired) electrons. The van der Waals surface area contributed by atoms with E-state index in [1.165, 1.54) is 19.2 Å². The zero-order valence-corrected chi connectivity index (χ0v) is 37.7. The molecule has 16 heteroatoms. The van der Waals surface area contributed by atoms with Gasteiger partial charge in [-0.05, 0) is 111 Å². The molecule has 3 aromatic carbocycles. The molecule has 340 valence electrons. The molecule has 3 N–H and O–H groups in total. The van der Waals surface area contributed by atoms with Gasteiger partial charge in [0.1, 0.15) is 35.4 Å². The van der Waals surface area contributed by atoms with Crippen LogP contribution in [0.1, 0.15) is 86.2 Å². The quantitative estimate of drug-likeness (QED) is 0.0588. The molecule has 4 aliphatic rings. The Kier molecular flexibility index (Phi) is 14.0. The van der Waals surface area contributed by atoms with Crippen LogP contribution in [0.4, 0.5) is 5.82 Å². The third kappa shape index (κ3) is 10.3. The Hall–Kier alpha value is -5.84. The molecule has 3 saturated heterocycles. The fraction of sp³-hybridized carbons (Fsp3) is 0.449. The van der Waals surface area contributed by atoms with Gasteiger partial charge in [0.05, 0.1) is 11.4 Å². The number of carbonyl (C=O) groups excluding carboxylic acids is 4. The number of ether oxygens (including phenoxy) is 1. The Morgan fingerprint density at radius 2 is 1.57 bits per heavy atom. The summed E-state index contributed by atoms with van der Waals surface area (Å²) in [7, 11) is 0. The molecular weight excluding hydrogens is 841 g/mol. The Balaban J connectivity index is 0.671. The number of hydrogen-bond acceptors (Lipinski definition) is 12. The number of amides is 4. The molecule has 4 amide bonds. The third-order valence-corrected chi connectivity index (χ3v) is 14.4. The number of imide groups is 1. The van der Waals surface area contributed by atoms with Crippen LogP contribution in [0.2, 0.25) is 0 Å². The molecule has 0 bridgehead atoms. The van der Waals surface area contributed by atoms with E-state index in [0.29, 0.717) is 43.0 Å². The van der Waals surface area contributed by atoms with Crippen molar-refractivity contribution in [2.45, 2.75) is 87.7 Å². The van der Waals surface area contributed by atoms with Crippen LogP contribution in [0.3, 0.4) is 0 Å². The van der Waals surface area contributed by atoms with Crippen molar-refractivity contribution in [1.82, 2.24) is 44.7 Å². The summed E-state index contributed by atoms with van der Waals surface area (Å²) in [6, 6.07) is 22.7. The molecule has 0 aliphatic carbocycles. The van der Waals surface area contributed by atoms with Gasteiger partial charge >= 0.3 is 0 Å². The first-order valence-electron chi connectivity index (χ1n) is 23.2. The molecule has 0 saturated carbocycles. The average Bonchev–Trinajstić information content (AvgIpc) is 3.89. The van der Waals surface area contributed by atoms with Gasteiger partial charge in [-0.2, -0.15) is 5.10 Å². The number of hydrogen-bond donors (Lipinski definition) is 2. The highest BCUT2D eigenvalue weighted by Gasteiger charge is 2.40. The van der Waals surface area contributed by atoms with Crippen molar-refractivity contribution in [3.63, 3.8) is 0 Å². The lowest BCUT2D eigenvalue weighted by Crippen LogP contribution is -2.52. The number of para-hydroxylation sites is 1. The van der Waals surface area contributed by atoms with Crippen molar-refractivity contribution in [3.8, 4) is 22.8 Å². The van der Waals surface area contributed by atoms with Crippen LogP contribution in [0, 0.1) is 0 Å². The Morgan fingerprint density at radius 3 is 2.35 bits per heavy atom. The fourth-order valence-corrected chi connectivity index (χ4v) is 10.7. The number of nitrogens with one attached hydrogen (secondary N) is 1. The molecule has 6 heterocycles. The maximum atomic E-state index is 13.6. The monoisotopic (exact) mass is 898 g/mol. The number of nitrogens with zero attached hydrogens (tertiary/aromatic N) is 8. The molecule has 0 spiro atoms. The Morgan fingerprint density at radius 1 is 0.815 bits per heavy atom. The summed E-state index contributed by atoms with van der Waals surface area (Å²) >= 11 is 1.79. The number of piperidine rings is 2. The maximum absolute atomic E-state index is 13.6. The number of anilines is 1. The van der Waals surface area contributed by atoms with Gasteiger partial charge in [-0.15, -0.1) is 11.8 Å². The molecule has 2 aromatic heterocycles. The molecule has 1 unspecified atom stereocenters. The SMILES string of the molecule is Nc1ncnc2c1c(-c1ccc(Oc3ccccc3)cc1)nn2[C@@H]1CCCN(C(=O)CCCN2CCN(CCCCCCSc3cccc4c3CN(C3CCC(=O)NC3=O)C4=O)CC2)C1. The topological polar surface area (TPSA) is 172 Å². The van der Waals surface area contributed by atoms with E-state index < -0.39 is 6.04 Å². The van der Waals surface area contributed by atoms with E-state index in [-0.39, 0.29) is 36.1 Å². The average molecular weight is 899 g/mol. The van der Waals surface area contributed by atoms with Crippen LogP contribution in [0.25, 0.3) is 22.3 Å². The highest BCUT2D eigenvalue weighted by molar-refractivity contribution is 7.99. The highest BCUT2D eigenvalue weighted by Crippen LogP contribution is 2.37. The summed E-state index contributed by atoms with van der Waals surface area (Å²) in [5.74, 6) is 2.29. The lowest BCUT2D eigenvalue weighted by atomic mass is 10.0. The van der Waals surface area contributed by atoms with Crippen molar-refractivity contribution in [1.29, 1.82) is 0 Å². The number of fused-ring (bicyclic) bond motifs is 2. The van der Waals surface area contributed by atoms with E-state index in [1.54, 1.807) is 16.7 Å². The second-order valence-electron chi connectivity index (χ2n) is 17.6.